The van der Waals surface area contributed by atoms with E-state index in [1.807, 2.05) is 0 Å². The van der Waals surface area contributed by atoms with E-state index in [0.717, 1.165) is 57.8 Å². The number of ether oxygens (including phenoxy) is 1. The van der Waals surface area contributed by atoms with E-state index in [1.165, 1.54) is 109 Å². The van der Waals surface area contributed by atoms with Gasteiger partial charge in [0.05, 0.1) is 6.10 Å². The SMILES string of the molecule is CCCCCCCCCCCCCCCCCCCC(=O)OC1CCC2(C)C(CCC3C2CC(O)C2(C)C(C(C)CCC(=O)NCC(=O)O)CCC32)C1. The second kappa shape index (κ2) is 22.2. The predicted molar refractivity (Wildman–Crippen MR) is 214 cm³/mol. The van der Waals surface area contributed by atoms with Crippen LogP contribution in [0, 0.1) is 46.3 Å². The number of hydrogen-bond donors (Lipinski definition) is 3. The summed E-state index contributed by atoms with van der Waals surface area (Å²) in [6.45, 7) is 9.00. The molecule has 0 spiro atoms. The van der Waals surface area contributed by atoms with Gasteiger partial charge >= 0.3 is 11.9 Å². The lowest BCUT2D eigenvalue weighted by molar-refractivity contribution is -0.181. The number of carbonyl (C=O) groups is 3. The molecule has 1 amide bonds. The second-order valence-electron chi connectivity index (χ2n) is 18.9. The van der Waals surface area contributed by atoms with Gasteiger partial charge < -0.3 is 20.3 Å². The van der Waals surface area contributed by atoms with Gasteiger partial charge in [-0.1, -0.05) is 130 Å². The molecule has 10 unspecified atom stereocenters. The number of aliphatic hydroxyl groups excluding tert-OH is 1. The quantitative estimate of drug-likeness (QED) is 0.0634. The molecule has 0 saturated heterocycles. The van der Waals surface area contributed by atoms with Crippen molar-refractivity contribution in [1.29, 1.82) is 0 Å². The van der Waals surface area contributed by atoms with Crippen LogP contribution in [0.4, 0.5) is 0 Å². The summed E-state index contributed by atoms with van der Waals surface area (Å²) in [5.74, 6) is 1.63. The zero-order valence-electron chi connectivity index (χ0n) is 34.7. The predicted octanol–water partition coefficient (Wildman–Crippen LogP) is 11.2. The highest BCUT2D eigenvalue weighted by Gasteiger charge is 2.63. The largest absolute Gasteiger partial charge is 0.480 e. The minimum Gasteiger partial charge on any atom is -0.480 e. The number of esters is 1. The van der Waals surface area contributed by atoms with Crippen LogP contribution in [0.15, 0.2) is 0 Å². The van der Waals surface area contributed by atoms with Crippen molar-refractivity contribution in [3.05, 3.63) is 0 Å². The van der Waals surface area contributed by atoms with E-state index >= 15 is 0 Å². The highest BCUT2D eigenvalue weighted by atomic mass is 16.5. The number of nitrogens with one attached hydrogen (secondary N) is 1. The molecule has 7 nitrogen and oxygen atoms in total. The minimum absolute atomic E-state index is 0.00240. The molecule has 0 aliphatic heterocycles. The molecule has 7 heteroatoms. The second-order valence-corrected chi connectivity index (χ2v) is 18.9. The molecule has 4 saturated carbocycles. The van der Waals surface area contributed by atoms with Crippen LogP contribution in [0.25, 0.3) is 0 Å². The molecule has 53 heavy (non-hydrogen) atoms. The number of rotatable bonds is 25. The van der Waals surface area contributed by atoms with Gasteiger partial charge in [0.25, 0.3) is 0 Å². The Morgan fingerprint density at radius 3 is 1.91 bits per heavy atom. The zero-order chi connectivity index (χ0) is 38.3. The topological polar surface area (TPSA) is 113 Å². The van der Waals surface area contributed by atoms with Crippen LogP contribution in [0.5, 0.6) is 0 Å². The number of amides is 1. The van der Waals surface area contributed by atoms with Crippen molar-refractivity contribution in [2.75, 3.05) is 6.54 Å². The van der Waals surface area contributed by atoms with E-state index in [1.54, 1.807) is 0 Å². The highest BCUT2D eigenvalue weighted by Crippen LogP contribution is 2.68. The molecule has 0 heterocycles. The van der Waals surface area contributed by atoms with Gasteiger partial charge in [-0.3, -0.25) is 14.4 Å². The normalized spacial score (nSPS) is 32.7. The van der Waals surface area contributed by atoms with E-state index < -0.39 is 5.97 Å². The van der Waals surface area contributed by atoms with Crippen molar-refractivity contribution in [1.82, 2.24) is 5.32 Å². The molecule has 0 radical (unpaired) electrons. The number of carboxylic acid groups (broad SMARTS) is 1. The number of hydrogen-bond acceptors (Lipinski definition) is 5. The zero-order valence-corrected chi connectivity index (χ0v) is 34.7. The molecular weight excluding hydrogens is 663 g/mol. The fourth-order valence-corrected chi connectivity index (χ4v) is 12.3. The highest BCUT2D eigenvalue weighted by molar-refractivity contribution is 5.81. The average molecular weight is 744 g/mol. The summed E-state index contributed by atoms with van der Waals surface area (Å²) in [5, 5.41) is 23.3. The molecule has 0 bridgehead atoms. The van der Waals surface area contributed by atoms with E-state index in [9.17, 15) is 19.5 Å². The van der Waals surface area contributed by atoms with Gasteiger partial charge in [0.2, 0.25) is 5.91 Å². The van der Waals surface area contributed by atoms with Crippen molar-refractivity contribution >= 4 is 17.8 Å². The summed E-state index contributed by atoms with van der Waals surface area (Å²) < 4.78 is 6.12. The monoisotopic (exact) mass is 744 g/mol. The van der Waals surface area contributed by atoms with E-state index in [0.29, 0.717) is 48.3 Å². The summed E-state index contributed by atoms with van der Waals surface area (Å²) in [7, 11) is 0. The molecule has 4 rings (SSSR count). The van der Waals surface area contributed by atoms with Crippen LogP contribution >= 0.6 is 0 Å². The van der Waals surface area contributed by atoms with Gasteiger partial charge in [-0.05, 0) is 111 Å². The Labute approximate surface area is 324 Å². The average Bonchev–Trinajstić information content (AvgIpc) is 3.50. The number of carbonyl (C=O) groups excluding carboxylic acids is 2. The van der Waals surface area contributed by atoms with Gasteiger partial charge in [-0.2, -0.15) is 0 Å². The summed E-state index contributed by atoms with van der Waals surface area (Å²) in [5.41, 5.74) is 0.0497. The lowest BCUT2D eigenvalue weighted by Crippen LogP contribution is -2.59. The summed E-state index contributed by atoms with van der Waals surface area (Å²) >= 11 is 0. The third-order valence-corrected chi connectivity index (χ3v) is 15.5. The first-order valence-corrected chi connectivity index (χ1v) is 22.9. The molecule has 10 atom stereocenters. The fourth-order valence-electron chi connectivity index (χ4n) is 12.3. The van der Waals surface area contributed by atoms with Gasteiger partial charge in [-0.25, -0.2) is 0 Å². The number of aliphatic hydroxyl groups is 1. The number of fused-ring (bicyclic) bond motifs is 5. The Kier molecular flexibility index (Phi) is 18.5. The number of aliphatic carboxylic acids is 1. The summed E-state index contributed by atoms with van der Waals surface area (Å²) in [6, 6.07) is 0. The van der Waals surface area contributed by atoms with Crippen LogP contribution < -0.4 is 5.32 Å². The molecule has 306 valence electrons. The third-order valence-electron chi connectivity index (χ3n) is 15.5. The summed E-state index contributed by atoms with van der Waals surface area (Å²) in [4.78, 5) is 35.9. The Bertz CT molecular complexity index is 1110. The van der Waals surface area contributed by atoms with Gasteiger partial charge in [0.15, 0.2) is 0 Å². The van der Waals surface area contributed by atoms with Crippen LogP contribution in [0.2, 0.25) is 0 Å². The maximum Gasteiger partial charge on any atom is 0.322 e. The van der Waals surface area contributed by atoms with Crippen LogP contribution in [-0.4, -0.2) is 46.8 Å². The van der Waals surface area contributed by atoms with Crippen LogP contribution in [-0.2, 0) is 19.1 Å². The lowest BCUT2D eigenvalue weighted by atomic mass is 9.43. The molecular formula is C46H81NO6. The molecule has 3 N–H and O–H groups in total. The first-order valence-electron chi connectivity index (χ1n) is 22.9. The van der Waals surface area contributed by atoms with Crippen molar-refractivity contribution in [2.24, 2.45) is 46.3 Å². The van der Waals surface area contributed by atoms with Gasteiger partial charge in [0, 0.05) is 12.8 Å². The van der Waals surface area contributed by atoms with Crippen molar-refractivity contribution < 1.29 is 29.3 Å². The molecule has 0 aromatic carbocycles. The van der Waals surface area contributed by atoms with Crippen LogP contribution in [0.3, 0.4) is 0 Å². The Morgan fingerprint density at radius 1 is 0.736 bits per heavy atom. The van der Waals surface area contributed by atoms with Crippen molar-refractivity contribution in [3.8, 4) is 0 Å². The smallest absolute Gasteiger partial charge is 0.322 e. The third kappa shape index (κ3) is 12.4. The molecule has 0 aromatic heterocycles. The minimum atomic E-state index is -1.02. The van der Waals surface area contributed by atoms with Gasteiger partial charge in [0.1, 0.15) is 12.6 Å². The van der Waals surface area contributed by atoms with Gasteiger partial charge in [-0.15, -0.1) is 0 Å². The number of unbranched alkanes of at least 4 members (excludes halogenated alkanes) is 16. The van der Waals surface area contributed by atoms with E-state index in [4.69, 9.17) is 9.84 Å². The maximum atomic E-state index is 12.9. The van der Waals surface area contributed by atoms with Crippen LogP contribution in [0.1, 0.15) is 207 Å². The fraction of sp³-hybridized carbons (Fsp3) is 0.935. The van der Waals surface area contributed by atoms with Crippen molar-refractivity contribution in [3.63, 3.8) is 0 Å². The van der Waals surface area contributed by atoms with Crippen molar-refractivity contribution in [2.45, 2.75) is 220 Å². The Morgan fingerprint density at radius 2 is 1.32 bits per heavy atom. The molecule has 4 aliphatic rings. The molecule has 4 aliphatic carbocycles. The summed E-state index contributed by atoms with van der Waals surface area (Å²) in [6.07, 6.45) is 32.6. The first-order chi connectivity index (χ1) is 25.5. The molecule has 0 aromatic rings. The van der Waals surface area contributed by atoms with E-state index in [-0.39, 0.29) is 41.5 Å². The van der Waals surface area contributed by atoms with E-state index in [2.05, 4.69) is 33.0 Å². The maximum absolute atomic E-state index is 12.9. The molecule has 4 fully saturated rings. The first kappa shape index (κ1) is 44.1. The number of carboxylic acids is 1. The Balaban J connectivity index is 1.09. The lowest BCUT2D eigenvalue weighted by Gasteiger charge is -2.62. The Hall–Kier alpha value is -1.63. The standard InChI is InChI=1S/C46H81NO6/c1-5-6-7-8-9-10-11-12-13-14-15-16-17-18-19-20-21-22-44(52)53-36-29-30-45(3)35(31-36)24-25-37-39-27-26-38(46(39,4)41(48)32-40(37)45)34(2)23-28-42(49)47-33-43(50)51/h34-41,48H,5-33H2,1-4H3,(H,47,49)(H,50,51).